The fourth-order valence-corrected chi connectivity index (χ4v) is 2.62. The number of amides is 1. The molecule has 24 heavy (non-hydrogen) atoms. The Morgan fingerprint density at radius 3 is 2.42 bits per heavy atom. The van der Waals surface area contributed by atoms with Gasteiger partial charge in [0.1, 0.15) is 11.5 Å². The third kappa shape index (κ3) is 5.13. The van der Waals surface area contributed by atoms with E-state index in [1.54, 1.807) is 49.6 Å². The van der Waals surface area contributed by atoms with Crippen LogP contribution in [0.1, 0.15) is 5.56 Å². The highest BCUT2D eigenvalue weighted by atomic mass is 32.2. The van der Waals surface area contributed by atoms with Gasteiger partial charge in [-0.15, -0.1) is 0 Å². The molecule has 2 rings (SSSR count). The number of alkyl halides is 2. The second-order valence-electron chi connectivity index (χ2n) is 4.81. The van der Waals surface area contributed by atoms with Gasteiger partial charge in [0.05, 0.1) is 20.6 Å². The summed E-state index contributed by atoms with van der Waals surface area (Å²) in [5, 5.41) is 2.73. The number of thioether (sulfide) groups is 1. The van der Waals surface area contributed by atoms with Gasteiger partial charge in [-0.05, 0) is 42.5 Å². The van der Waals surface area contributed by atoms with Crippen molar-refractivity contribution >= 4 is 23.4 Å². The van der Waals surface area contributed by atoms with Crippen molar-refractivity contribution in [3.8, 4) is 11.5 Å². The van der Waals surface area contributed by atoms with Crippen molar-refractivity contribution in [1.29, 1.82) is 0 Å². The van der Waals surface area contributed by atoms with E-state index in [4.69, 9.17) is 9.47 Å². The summed E-state index contributed by atoms with van der Waals surface area (Å²) in [5.74, 6) is -1.48. The molecule has 4 nitrogen and oxygen atoms in total. The maximum atomic E-state index is 12.3. The number of hydrogen-bond donors (Lipinski definition) is 1. The first-order valence-electron chi connectivity index (χ1n) is 7.07. The molecule has 1 amide bonds. The quantitative estimate of drug-likeness (QED) is 0.758. The summed E-state index contributed by atoms with van der Waals surface area (Å²) in [6.45, 7) is 0. The van der Waals surface area contributed by atoms with E-state index < -0.39 is 5.76 Å². The number of halogens is 2. The first-order valence-corrected chi connectivity index (χ1v) is 7.95. The molecule has 0 aromatic heterocycles. The molecule has 7 heteroatoms. The van der Waals surface area contributed by atoms with Gasteiger partial charge in [0.25, 0.3) is 5.76 Å². The van der Waals surface area contributed by atoms with E-state index in [1.807, 2.05) is 0 Å². The lowest BCUT2D eigenvalue weighted by molar-refractivity contribution is -0.115. The molecule has 0 aliphatic rings. The van der Waals surface area contributed by atoms with Crippen LogP contribution in [-0.2, 0) is 11.2 Å². The molecule has 2 aromatic carbocycles. The summed E-state index contributed by atoms with van der Waals surface area (Å²) in [6, 6.07) is 11.5. The maximum Gasteiger partial charge on any atom is 0.288 e. The lowest BCUT2D eigenvalue weighted by atomic mass is 10.1. The average molecular weight is 353 g/mol. The van der Waals surface area contributed by atoms with E-state index in [2.05, 4.69) is 5.32 Å². The SMILES string of the molecule is COc1ccc(OC)c(CC(=O)Nc2ccc(SC(F)F)cc2)c1. The minimum Gasteiger partial charge on any atom is -0.497 e. The van der Waals surface area contributed by atoms with E-state index in [1.165, 1.54) is 7.11 Å². The monoisotopic (exact) mass is 353 g/mol. The number of nitrogens with one attached hydrogen (secondary N) is 1. The summed E-state index contributed by atoms with van der Waals surface area (Å²) < 4.78 is 34.9. The second kappa shape index (κ2) is 8.54. The van der Waals surface area contributed by atoms with Gasteiger partial charge in [-0.3, -0.25) is 4.79 Å². The Kier molecular flexibility index (Phi) is 6.43. The third-order valence-electron chi connectivity index (χ3n) is 3.20. The van der Waals surface area contributed by atoms with Crippen LogP contribution in [0.5, 0.6) is 11.5 Å². The predicted octanol–water partition coefficient (Wildman–Crippen LogP) is 4.20. The Balaban J connectivity index is 2.03. The minimum absolute atomic E-state index is 0.105. The number of rotatable bonds is 7. The van der Waals surface area contributed by atoms with Gasteiger partial charge in [-0.2, -0.15) is 8.78 Å². The molecule has 0 unspecified atom stereocenters. The number of benzene rings is 2. The standard InChI is InChI=1S/C17H17F2NO3S/c1-22-13-5-8-15(23-2)11(9-13)10-16(21)20-12-3-6-14(7-4-12)24-17(18)19/h3-9,17H,10H2,1-2H3,(H,20,21). The molecule has 0 aliphatic heterocycles. The van der Waals surface area contributed by atoms with Crippen molar-refractivity contribution in [2.75, 3.05) is 19.5 Å². The van der Waals surface area contributed by atoms with Gasteiger partial charge < -0.3 is 14.8 Å². The first-order chi connectivity index (χ1) is 11.5. The average Bonchev–Trinajstić information content (AvgIpc) is 2.56. The van der Waals surface area contributed by atoms with Crippen molar-refractivity contribution in [3.63, 3.8) is 0 Å². The Morgan fingerprint density at radius 1 is 1.12 bits per heavy atom. The minimum atomic E-state index is -2.47. The second-order valence-corrected chi connectivity index (χ2v) is 5.87. The van der Waals surface area contributed by atoms with Crippen molar-refractivity contribution in [3.05, 3.63) is 48.0 Å². The zero-order chi connectivity index (χ0) is 17.5. The molecule has 0 aliphatic carbocycles. The molecular weight excluding hydrogens is 336 g/mol. The molecule has 0 bridgehead atoms. The largest absolute Gasteiger partial charge is 0.497 e. The van der Waals surface area contributed by atoms with Crippen molar-refractivity contribution in [1.82, 2.24) is 0 Å². The summed E-state index contributed by atoms with van der Waals surface area (Å²) in [5.41, 5.74) is 1.24. The van der Waals surface area contributed by atoms with Crippen LogP contribution in [0.3, 0.4) is 0 Å². The van der Waals surface area contributed by atoms with Crippen LogP contribution in [0, 0.1) is 0 Å². The van der Waals surface area contributed by atoms with Crippen LogP contribution in [0.2, 0.25) is 0 Å². The zero-order valence-corrected chi connectivity index (χ0v) is 14.0. The summed E-state index contributed by atoms with van der Waals surface area (Å²) >= 11 is 0.461. The van der Waals surface area contributed by atoms with Gasteiger partial charge in [0, 0.05) is 16.1 Å². The third-order valence-corrected chi connectivity index (χ3v) is 3.92. The topological polar surface area (TPSA) is 47.6 Å². The number of anilines is 1. The van der Waals surface area contributed by atoms with Gasteiger partial charge in [-0.1, -0.05) is 11.8 Å². The Hall–Kier alpha value is -2.28. The smallest absolute Gasteiger partial charge is 0.288 e. The zero-order valence-electron chi connectivity index (χ0n) is 13.2. The number of carbonyl (C=O) groups is 1. The molecule has 0 spiro atoms. The van der Waals surface area contributed by atoms with Crippen molar-refractivity contribution < 1.29 is 23.0 Å². The summed E-state index contributed by atoms with van der Waals surface area (Å²) in [4.78, 5) is 12.6. The molecule has 128 valence electrons. The maximum absolute atomic E-state index is 12.3. The number of hydrogen-bond acceptors (Lipinski definition) is 4. The van der Waals surface area contributed by atoms with Crippen LogP contribution in [0.15, 0.2) is 47.4 Å². The number of methoxy groups -OCH3 is 2. The van der Waals surface area contributed by atoms with Crippen LogP contribution < -0.4 is 14.8 Å². The van der Waals surface area contributed by atoms with Crippen molar-refractivity contribution in [2.45, 2.75) is 17.1 Å². The molecule has 0 saturated heterocycles. The fourth-order valence-electron chi connectivity index (χ4n) is 2.12. The Morgan fingerprint density at radius 2 is 1.83 bits per heavy atom. The molecule has 1 N–H and O–H groups in total. The van der Waals surface area contributed by atoms with Crippen LogP contribution in [0.4, 0.5) is 14.5 Å². The molecule has 0 fully saturated rings. The highest BCUT2D eigenvalue weighted by Gasteiger charge is 2.11. The molecule has 0 saturated carbocycles. The first kappa shape index (κ1) is 18.1. The van der Waals surface area contributed by atoms with E-state index in [-0.39, 0.29) is 12.3 Å². The van der Waals surface area contributed by atoms with E-state index >= 15 is 0 Å². The van der Waals surface area contributed by atoms with Crippen LogP contribution in [-0.4, -0.2) is 25.9 Å². The molecule has 0 heterocycles. The number of carbonyl (C=O) groups excluding carboxylic acids is 1. The normalized spacial score (nSPS) is 10.5. The summed E-state index contributed by atoms with van der Waals surface area (Å²) in [7, 11) is 3.08. The lowest BCUT2D eigenvalue weighted by Crippen LogP contribution is -2.15. The highest BCUT2D eigenvalue weighted by Crippen LogP contribution is 2.27. The van der Waals surface area contributed by atoms with E-state index in [0.29, 0.717) is 39.4 Å². The summed E-state index contributed by atoms with van der Waals surface area (Å²) in [6.07, 6.45) is 0.105. The lowest BCUT2D eigenvalue weighted by Gasteiger charge is -2.11. The molecule has 0 atom stereocenters. The molecular formula is C17H17F2NO3S. The van der Waals surface area contributed by atoms with E-state index in [0.717, 1.165) is 0 Å². The Labute approximate surface area is 143 Å². The molecule has 0 radical (unpaired) electrons. The predicted molar refractivity (Wildman–Crippen MR) is 90.2 cm³/mol. The van der Waals surface area contributed by atoms with Gasteiger partial charge in [0.2, 0.25) is 5.91 Å². The van der Waals surface area contributed by atoms with Crippen molar-refractivity contribution in [2.24, 2.45) is 0 Å². The fraction of sp³-hybridized carbons (Fsp3) is 0.235. The molecule has 2 aromatic rings. The van der Waals surface area contributed by atoms with Crippen LogP contribution >= 0.6 is 11.8 Å². The Bertz CT molecular complexity index is 693. The van der Waals surface area contributed by atoms with Gasteiger partial charge >= 0.3 is 0 Å². The van der Waals surface area contributed by atoms with Gasteiger partial charge in [0.15, 0.2) is 0 Å². The van der Waals surface area contributed by atoms with Crippen LogP contribution in [0.25, 0.3) is 0 Å². The van der Waals surface area contributed by atoms with Gasteiger partial charge in [-0.25, -0.2) is 0 Å². The number of ether oxygens (including phenoxy) is 2. The van der Waals surface area contributed by atoms with E-state index in [9.17, 15) is 13.6 Å². The highest BCUT2D eigenvalue weighted by molar-refractivity contribution is 7.99.